The van der Waals surface area contributed by atoms with Crippen molar-refractivity contribution >= 4 is 21.7 Å². The van der Waals surface area contributed by atoms with Crippen LogP contribution in [0.3, 0.4) is 0 Å². The van der Waals surface area contributed by atoms with E-state index in [4.69, 9.17) is 10.2 Å². The summed E-state index contributed by atoms with van der Waals surface area (Å²) in [5.41, 5.74) is 5.66. The van der Waals surface area contributed by atoms with Crippen LogP contribution in [-0.2, 0) is 6.42 Å². The number of aromatic nitrogens is 2. The maximum Gasteiger partial charge on any atom is 0.197 e. The monoisotopic (exact) mass is 267 g/mol. The summed E-state index contributed by atoms with van der Waals surface area (Å²) >= 11 is 3.24. The average molecular weight is 268 g/mol. The quantitative estimate of drug-likeness (QED) is 0.909. The van der Waals surface area contributed by atoms with Gasteiger partial charge in [-0.25, -0.2) is 9.97 Å². The SMILES string of the molecule is CCc1ccc(-c2ncc(Br)c(N)n2)o1. The highest BCUT2D eigenvalue weighted by molar-refractivity contribution is 9.10. The molecule has 0 amide bonds. The molecule has 2 rings (SSSR count). The summed E-state index contributed by atoms with van der Waals surface area (Å²) in [5.74, 6) is 2.48. The van der Waals surface area contributed by atoms with Crippen molar-refractivity contribution in [1.29, 1.82) is 0 Å². The number of rotatable bonds is 2. The van der Waals surface area contributed by atoms with Crippen molar-refractivity contribution < 1.29 is 4.42 Å². The number of anilines is 1. The molecule has 15 heavy (non-hydrogen) atoms. The normalized spacial score (nSPS) is 10.5. The molecule has 2 aromatic rings. The third-order valence-corrected chi connectivity index (χ3v) is 2.61. The van der Waals surface area contributed by atoms with Gasteiger partial charge in [-0.2, -0.15) is 0 Å². The zero-order chi connectivity index (χ0) is 10.8. The van der Waals surface area contributed by atoms with Crippen LogP contribution in [0.25, 0.3) is 11.6 Å². The Morgan fingerprint density at radius 2 is 2.27 bits per heavy atom. The molecule has 0 aliphatic carbocycles. The van der Waals surface area contributed by atoms with Crippen LogP contribution in [0, 0.1) is 0 Å². The lowest BCUT2D eigenvalue weighted by atomic mass is 10.3. The Morgan fingerprint density at radius 3 is 2.87 bits per heavy atom. The first kappa shape index (κ1) is 10.2. The molecule has 2 N–H and O–H groups in total. The number of hydrogen-bond donors (Lipinski definition) is 1. The fraction of sp³-hybridized carbons (Fsp3) is 0.200. The molecule has 0 aromatic carbocycles. The first-order chi connectivity index (χ1) is 7.20. The summed E-state index contributed by atoms with van der Waals surface area (Å²) in [5, 5.41) is 0. The van der Waals surface area contributed by atoms with E-state index in [1.807, 2.05) is 19.1 Å². The van der Waals surface area contributed by atoms with E-state index in [-0.39, 0.29) is 0 Å². The summed E-state index contributed by atoms with van der Waals surface area (Å²) in [7, 11) is 0. The van der Waals surface area contributed by atoms with Gasteiger partial charge >= 0.3 is 0 Å². The molecule has 0 unspecified atom stereocenters. The zero-order valence-corrected chi connectivity index (χ0v) is 9.78. The Hall–Kier alpha value is -1.36. The van der Waals surface area contributed by atoms with Gasteiger partial charge in [0.15, 0.2) is 11.6 Å². The van der Waals surface area contributed by atoms with Crippen LogP contribution in [-0.4, -0.2) is 9.97 Å². The molecule has 0 spiro atoms. The van der Waals surface area contributed by atoms with Gasteiger partial charge < -0.3 is 10.2 Å². The van der Waals surface area contributed by atoms with Crippen LogP contribution >= 0.6 is 15.9 Å². The van der Waals surface area contributed by atoms with Crippen molar-refractivity contribution in [2.24, 2.45) is 0 Å². The molecule has 0 aliphatic rings. The van der Waals surface area contributed by atoms with Gasteiger partial charge in [-0.3, -0.25) is 0 Å². The van der Waals surface area contributed by atoms with Gasteiger partial charge in [0.25, 0.3) is 0 Å². The molecule has 0 atom stereocenters. The Kier molecular flexibility index (Phi) is 2.73. The Balaban J connectivity index is 2.40. The smallest absolute Gasteiger partial charge is 0.197 e. The van der Waals surface area contributed by atoms with E-state index >= 15 is 0 Å². The van der Waals surface area contributed by atoms with Gasteiger partial charge in [-0.05, 0) is 28.1 Å². The van der Waals surface area contributed by atoms with Crippen molar-refractivity contribution in [2.75, 3.05) is 5.73 Å². The van der Waals surface area contributed by atoms with E-state index in [2.05, 4.69) is 25.9 Å². The maximum absolute atomic E-state index is 5.66. The predicted molar refractivity (Wildman–Crippen MR) is 61.2 cm³/mol. The van der Waals surface area contributed by atoms with Gasteiger partial charge in [0.1, 0.15) is 11.6 Å². The second kappa shape index (κ2) is 4.02. The number of nitrogens with zero attached hydrogens (tertiary/aromatic N) is 2. The van der Waals surface area contributed by atoms with Gasteiger partial charge in [-0.1, -0.05) is 6.92 Å². The molecule has 0 bridgehead atoms. The second-order valence-corrected chi connectivity index (χ2v) is 3.90. The Bertz CT molecular complexity index is 481. The molecule has 5 heteroatoms. The van der Waals surface area contributed by atoms with Crippen molar-refractivity contribution in [1.82, 2.24) is 9.97 Å². The predicted octanol–water partition coefficient (Wildman–Crippen LogP) is 2.64. The first-order valence-electron chi connectivity index (χ1n) is 4.57. The molecular formula is C10H10BrN3O. The fourth-order valence-electron chi connectivity index (χ4n) is 1.19. The van der Waals surface area contributed by atoms with Crippen molar-refractivity contribution in [3.8, 4) is 11.6 Å². The number of furan rings is 1. The standard InChI is InChI=1S/C10H10BrN3O/c1-2-6-3-4-8(15-6)10-13-5-7(11)9(12)14-10/h3-5H,2H2,1H3,(H2,12,13,14). The molecule has 0 aliphatic heterocycles. The average Bonchev–Trinajstić information content (AvgIpc) is 2.70. The summed E-state index contributed by atoms with van der Waals surface area (Å²) in [6.45, 7) is 2.03. The van der Waals surface area contributed by atoms with E-state index in [0.29, 0.717) is 21.9 Å². The Morgan fingerprint density at radius 1 is 1.47 bits per heavy atom. The van der Waals surface area contributed by atoms with Gasteiger partial charge in [0.05, 0.1) is 4.47 Å². The third-order valence-electron chi connectivity index (χ3n) is 2.00. The summed E-state index contributed by atoms with van der Waals surface area (Å²) in [6, 6.07) is 3.76. The van der Waals surface area contributed by atoms with Crippen molar-refractivity contribution in [3.63, 3.8) is 0 Å². The lowest BCUT2D eigenvalue weighted by Gasteiger charge is -1.99. The minimum Gasteiger partial charge on any atom is -0.458 e. The van der Waals surface area contributed by atoms with E-state index in [1.165, 1.54) is 0 Å². The van der Waals surface area contributed by atoms with Crippen LogP contribution < -0.4 is 5.73 Å². The van der Waals surface area contributed by atoms with Gasteiger partial charge in [0.2, 0.25) is 0 Å². The fourth-order valence-corrected chi connectivity index (χ4v) is 1.38. The molecule has 2 heterocycles. The van der Waals surface area contributed by atoms with E-state index in [9.17, 15) is 0 Å². The number of aryl methyl sites for hydroxylation is 1. The topological polar surface area (TPSA) is 64.9 Å². The number of hydrogen-bond acceptors (Lipinski definition) is 4. The highest BCUT2D eigenvalue weighted by Gasteiger charge is 2.08. The minimum absolute atomic E-state index is 0.412. The largest absolute Gasteiger partial charge is 0.458 e. The van der Waals surface area contributed by atoms with Crippen LogP contribution in [0.4, 0.5) is 5.82 Å². The molecule has 0 saturated heterocycles. The second-order valence-electron chi connectivity index (χ2n) is 3.05. The van der Waals surface area contributed by atoms with Gasteiger partial charge in [-0.15, -0.1) is 0 Å². The summed E-state index contributed by atoms with van der Waals surface area (Å²) in [4.78, 5) is 8.24. The first-order valence-corrected chi connectivity index (χ1v) is 5.37. The zero-order valence-electron chi connectivity index (χ0n) is 8.20. The molecular weight excluding hydrogens is 258 g/mol. The van der Waals surface area contributed by atoms with E-state index < -0.39 is 0 Å². The third kappa shape index (κ3) is 2.02. The molecule has 2 aromatic heterocycles. The Labute approximate surface area is 95.7 Å². The molecule has 4 nitrogen and oxygen atoms in total. The highest BCUT2D eigenvalue weighted by Crippen LogP contribution is 2.22. The van der Waals surface area contributed by atoms with Crippen LogP contribution in [0.5, 0.6) is 0 Å². The molecule has 78 valence electrons. The van der Waals surface area contributed by atoms with Crippen molar-refractivity contribution in [3.05, 3.63) is 28.6 Å². The van der Waals surface area contributed by atoms with Gasteiger partial charge in [0, 0.05) is 12.6 Å². The minimum atomic E-state index is 0.412. The number of nitrogens with two attached hydrogens (primary N) is 1. The van der Waals surface area contributed by atoms with E-state index in [1.54, 1.807) is 6.20 Å². The summed E-state index contributed by atoms with van der Waals surface area (Å²) < 4.78 is 6.21. The van der Waals surface area contributed by atoms with E-state index in [0.717, 1.165) is 12.2 Å². The van der Waals surface area contributed by atoms with Crippen LogP contribution in [0.1, 0.15) is 12.7 Å². The van der Waals surface area contributed by atoms with Crippen molar-refractivity contribution in [2.45, 2.75) is 13.3 Å². The number of nitrogen functional groups attached to an aromatic ring is 1. The lowest BCUT2D eigenvalue weighted by Crippen LogP contribution is -1.95. The lowest BCUT2D eigenvalue weighted by molar-refractivity contribution is 0.525. The summed E-state index contributed by atoms with van der Waals surface area (Å²) in [6.07, 6.45) is 2.47. The van der Waals surface area contributed by atoms with Crippen LogP contribution in [0.15, 0.2) is 27.2 Å². The van der Waals surface area contributed by atoms with Crippen LogP contribution in [0.2, 0.25) is 0 Å². The molecule has 0 radical (unpaired) electrons. The molecule has 0 fully saturated rings. The number of halogens is 1. The molecule has 0 saturated carbocycles. The maximum atomic E-state index is 5.66. The highest BCUT2D eigenvalue weighted by atomic mass is 79.9.